The molecule has 1 saturated carbocycles. The molecule has 5 heteroatoms. The van der Waals surface area contributed by atoms with Gasteiger partial charge in [-0.3, -0.25) is 9.78 Å². The molecule has 5 nitrogen and oxygen atoms in total. The maximum Gasteiger partial charge on any atom is 0.303 e. The Morgan fingerprint density at radius 2 is 2.00 bits per heavy atom. The molecule has 0 atom stereocenters. The Bertz CT molecular complexity index is 485. The first kappa shape index (κ1) is 16.7. The number of rotatable bonds is 7. The molecule has 2 N–H and O–H groups in total. The molecule has 0 saturated heterocycles. The van der Waals surface area contributed by atoms with Crippen molar-refractivity contribution in [3.8, 4) is 0 Å². The summed E-state index contributed by atoms with van der Waals surface area (Å²) in [5, 5.41) is 18.3. The quantitative estimate of drug-likeness (QED) is 0.810. The smallest absolute Gasteiger partial charge is 0.303 e. The topological polar surface area (TPSA) is 73.7 Å². The lowest BCUT2D eigenvalue weighted by molar-refractivity contribution is -0.138. The van der Waals surface area contributed by atoms with E-state index in [0.717, 1.165) is 50.2 Å². The summed E-state index contributed by atoms with van der Waals surface area (Å²) < 4.78 is 0. The summed E-state index contributed by atoms with van der Waals surface area (Å²) in [5.74, 6) is 0.258. The van der Waals surface area contributed by atoms with Crippen molar-refractivity contribution in [2.75, 3.05) is 18.0 Å². The molecule has 122 valence electrons. The van der Waals surface area contributed by atoms with E-state index >= 15 is 0 Å². The number of aliphatic carboxylic acids is 1. The molecule has 0 aromatic carbocycles. The van der Waals surface area contributed by atoms with Crippen LogP contribution in [0.3, 0.4) is 0 Å². The normalized spacial score (nSPS) is 21.5. The van der Waals surface area contributed by atoms with E-state index in [1.54, 1.807) is 6.20 Å². The molecule has 1 aliphatic carbocycles. The molecule has 0 amide bonds. The van der Waals surface area contributed by atoms with Gasteiger partial charge in [-0.2, -0.15) is 0 Å². The van der Waals surface area contributed by atoms with Gasteiger partial charge >= 0.3 is 5.97 Å². The van der Waals surface area contributed by atoms with Crippen molar-refractivity contribution >= 4 is 11.7 Å². The number of carboxylic acid groups (broad SMARTS) is 1. The van der Waals surface area contributed by atoms with Crippen LogP contribution in [0.4, 0.5) is 5.69 Å². The summed E-state index contributed by atoms with van der Waals surface area (Å²) >= 11 is 0. The number of anilines is 1. The highest BCUT2D eigenvalue weighted by molar-refractivity contribution is 5.67. The van der Waals surface area contributed by atoms with Crippen molar-refractivity contribution in [2.24, 2.45) is 11.8 Å². The van der Waals surface area contributed by atoms with Crippen molar-refractivity contribution in [1.82, 2.24) is 4.98 Å². The fraction of sp³-hybridized carbons (Fsp3) is 0.647. The van der Waals surface area contributed by atoms with E-state index in [2.05, 4.69) is 16.8 Å². The minimum absolute atomic E-state index is 0.0436. The van der Waals surface area contributed by atoms with Gasteiger partial charge in [0, 0.05) is 25.7 Å². The number of carbonyl (C=O) groups is 1. The van der Waals surface area contributed by atoms with Crippen molar-refractivity contribution < 1.29 is 15.0 Å². The second-order valence-corrected chi connectivity index (χ2v) is 6.15. The number of aliphatic hydroxyl groups is 1. The third-order valence-corrected chi connectivity index (χ3v) is 4.65. The Kier molecular flexibility index (Phi) is 6.19. The van der Waals surface area contributed by atoms with Gasteiger partial charge in [0.05, 0.1) is 18.0 Å². The predicted octanol–water partition coefficient (Wildman–Crippen LogP) is 2.68. The van der Waals surface area contributed by atoms with Crippen LogP contribution in [-0.2, 0) is 11.4 Å². The second-order valence-electron chi connectivity index (χ2n) is 6.15. The molecule has 1 aliphatic rings. The third-order valence-electron chi connectivity index (χ3n) is 4.65. The minimum atomic E-state index is -0.679. The highest BCUT2D eigenvalue weighted by Crippen LogP contribution is 2.32. The minimum Gasteiger partial charge on any atom is -0.481 e. The van der Waals surface area contributed by atoms with Crippen LogP contribution in [0.1, 0.15) is 44.7 Å². The Hall–Kier alpha value is -1.62. The van der Waals surface area contributed by atoms with Gasteiger partial charge in [-0.25, -0.2) is 0 Å². The standard InChI is InChI=1S/C17H26N2O3/c1-2-19(16-4-3-9-18-15(16)12-20)11-14-7-5-13(6-8-14)10-17(21)22/h3-4,9,13-14,20H,2,5-8,10-12H2,1H3,(H,21,22)/t13-,14-. The number of aliphatic hydroxyl groups excluding tert-OH is 1. The van der Waals surface area contributed by atoms with E-state index in [9.17, 15) is 9.90 Å². The van der Waals surface area contributed by atoms with Crippen molar-refractivity contribution in [3.63, 3.8) is 0 Å². The molecule has 1 heterocycles. The number of hydrogen-bond donors (Lipinski definition) is 2. The summed E-state index contributed by atoms with van der Waals surface area (Å²) in [6, 6.07) is 3.92. The zero-order valence-corrected chi connectivity index (χ0v) is 13.2. The highest BCUT2D eigenvalue weighted by atomic mass is 16.4. The first-order chi connectivity index (χ1) is 10.6. The Morgan fingerprint density at radius 3 is 2.59 bits per heavy atom. The lowest BCUT2D eigenvalue weighted by Crippen LogP contribution is -2.32. The lowest BCUT2D eigenvalue weighted by Gasteiger charge is -2.33. The number of nitrogens with zero attached hydrogens (tertiary/aromatic N) is 2. The van der Waals surface area contributed by atoms with E-state index in [1.165, 1.54) is 0 Å². The molecule has 1 fully saturated rings. The van der Waals surface area contributed by atoms with Crippen LogP contribution in [0, 0.1) is 11.8 Å². The van der Waals surface area contributed by atoms with E-state index in [-0.39, 0.29) is 6.61 Å². The van der Waals surface area contributed by atoms with Crippen LogP contribution < -0.4 is 4.90 Å². The maximum absolute atomic E-state index is 10.8. The fourth-order valence-electron chi connectivity index (χ4n) is 3.41. The predicted molar refractivity (Wildman–Crippen MR) is 85.7 cm³/mol. The molecule has 1 aromatic heterocycles. The van der Waals surface area contributed by atoms with E-state index in [4.69, 9.17) is 5.11 Å². The van der Waals surface area contributed by atoms with Gasteiger partial charge in [-0.1, -0.05) is 0 Å². The average Bonchev–Trinajstić information content (AvgIpc) is 2.53. The van der Waals surface area contributed by atoms with Crippen molar-refractivity contribution in [1.29, 1.82) is 0 Å². The molecule has 1 aromatic rings. The van der Waals surface area contributed by atoms with Crippen molar-refractivity contribution in [2.45, 2.75) is 45.6 Å². The number of carboxylic acids is 1. The molecule has 22 heavy (non-hydrogen) atoms. The Labute approximate surface area is 132 Å². The zero-order valence-electron chi connectivity index (χ0n) is 13.2. The number of pyridine rings is 1. The Balaban J connectivity index is 1.93. The first-order valence-electron chi connectivity index (χ1n) is 8.15. The highest BCUT2D eigenvalue weighted by Gasteiger charge is 2.24. The molecule has 2 rings (SSSR count). The van der Waals surface area contributed by atoms with Gasteiger partial charge in [0.1, 0.15) is 0 Å². The zero-order chi connectivity index (χ0) is 15.9. The van der Waals surface area contributed by atoms with Crippen LogP contribution in [0.25, 0.3) is 0 Å². The summed E-state index contributed by atoms with van der Waals surface area (Å²) in [7, 11) is 0. The van der Waals surface area contributed by atoms with Crippen LogP contribution in [0.2, 0.25) is 0 Å². The third kappa shape index (κ3) is 4.44. The fourth-order valence-corrected chi connectivity index (χ4v) is 3.41. The Morgan fingerprint density at radius 1 is 1.32 bits per heavy atom. The van der Waals surface area contributed by atoms with Crippen LogP contribution in [0.15, 0.2) is 18.3 Å². The molecular weight excluding hydrogens is 280 g/mol. The largest absolute Gasteiger partial charge is 0.481 e. The maximum atomic E-state index is 10.8. The summed E-state index contributed by atoms with van der Waals surface area (Å²) in [6.45, 7) is 3.91. The number of aromatic nitrogens is 1. The van der Waals surface area contributed by atoms with Gasteiger partial charge in [0.25, 0.3) is 0 Å². The molecule has 0 bridgehead atoms. The van der Waals surface area contributed by atoms with E-state index in [1.807, 2.05) is 12.1 Å². The monoisotopic (exact) mass is 306 g/mol. The van der Waals surface area contributed by atoms with Crippen molar-refractivity contribution in [3.05, 3.63) is 24.0 Å². The molecule has 0 spiro atoms. The summed E-state index contributed by atoms with van der Waals surface area (Å²) in [4.78, 5) is 17.3. The summed E-state index contributed by atoms with van der Waals surface area (Å²) in [6.07, 6.45) is 6.21. The van der Waals surface area contributed by atoms with E-state index in [0.29, 0.717) is 18.3 Å². The summed E-state index contributed by atoms with van der Waals surface area (Å²) in [5.41, 5.74) is 1.74. The van der Waals surface area contributed by atoms with Gasteiger partial charge in [0.2, 0.25) is 0 Å². The van der Waals surface area contributed by atoms with Gasteiger partial charge < -0.3 is 15.1 Å². The number of hydrogen-bond acceptors (Lipinski definition) is 4. The van der Waals surface area contributed by atoms with E-state index < -0.39 is 5.97 Å². The lowest BCUT2D eigenvalue weighted by atomic mass is 9.80. The molecule has 0 aliphatic heterocycles. The first-order valence-corrected chi connectivity index (χ1v) is 8.15. The SMILES string of the molecule is CCN(C[C@H]1CC[C@H](CC(=O)O)CC1)c1cccnc1CO. The molecule has 0 unspecified atom stereocenters. The van der Waals surface area contributed by atoms with Gasteiger partial charge in [-0.15, -0.1) is 0 Å². The second kappa shape index (κ2) is 8.13. The van der Waals surface area contributed by atoms with Crippen LogP contribution >= 0.6 is 0 Å². The average molecular weight is 306 g/mol. The van der Waals surface area contributed by atoms with Gasteiger partial charge in [0.15, 0.2) is 0 Å². The van der Waals surface area contributed by atoms with Crippen LogP contribution in [0.5, 0.6) is 0 Å². The molecule has 0 radical (unpaired) electrons. The van der Waals surface area contributed by atoms with Gasteiger partial charge in [-0.05, 0) is 56.6 Å². The van der Waals surface area contributed by atoms with Crippen LogP contribution in [-0.4, -0.2) is 34.3 Å². The molecular formula is C17H26N2O3.